The summed E-state index contributed by atoms with van der Waals surface area (Å²) < 4.78 is 7.41. The van der Waals surface area contributed by atoms with Crippen molar-refractivity contribution in [2.24, 2.45) is 0 Å². The third-order valence-electron chi connectivity index (χ3n) is 5.41. The van der Waals surface area contributed by atoms with E-state index in [4.69, 9.17) is 16.3 Å². The van der Waals surface area contributed by atoms with E-state index in [2.05, 4.69) is 28.2 Å². The predicted octanol–water partition coefficient (Wildman–Crippen LogP) is 5.60. The number of amides is 1. The predicted molar refractivity (Wildman–Crippen MR) is 126 cm³/mol. The zero-order chi connectivity index (χ0) is 21.6. The SMILES string of the molecule is COc1ccc(CNC(=O)CCc2cn(Cc3ccc(Cl)cc3)c3ccccc23)cc1. The van der Waals surface area contributed by atoms with Crippen LogP contribution in [0.1, 0.15) is 23.1 Å². The van der Waals surface area contributed by atoms with Crippen molar-refractivity contribution < 1.29 is 9.53 Å². The fraction of sp³-hybridized carbons (Fsp3) is 0.192. The molecule has 1 heterocycles. The Balaban J connectivity index is 1.40. The molecule has 4 aromatic rings. The van der Waals surface area contributed by atoms with E-state index in [9.17, 15) is 4.79 Å². The van der Waals surface area contributed by atoms with Crippen molar-refractivity contribution in [3.05, 3.63) is 101 Å². The van der Waals surface area contributed by atoms with E-state index in [0.717, 1.165) is 22.9 Å². The van der Waals surface area contributed by atoms with Gasteiger partial charge in [-0.15, -0.1) is 0 Å². The largest absolute Gasteiger partial charge is 0.497 e. The van der Waals surface area contributed by atoms with Crippen molar-refractivity contribution in [2.75, 3.05) is 7.11 Å². The maximum atomic E-state index is 12.4. The van der Waals surface area contributed by atoms with Gasteiger partial charge in [-0.3, -0.25) is 4.79 Å². The van der Waals surface area contributed by atoms with E-state index in [1.54, 1.807) is 7.11 Å². The van der Waals surface area contributed by atoms with Crippen LogP contribution in [0.5, 0.6) is 5.75 Å². The topological polar surface area (TPSA) is 43.3 Å². The van der Waals surface area contributed by atoms with Crippen LogP contribution in [0, 0.1) is 0 Å². The van der Waals surface area contributed by atoms with Crippen LogP contribution in [-0.2, 0) is 24.3 Å². The van der Waals surface area contributed by atoms with Gasteiger partial charge in [0.25, 0.3) is 0 Å². The Kier molecular flexibility index (Phi) is 6.58. The normalized spacial score (nSPS) is 10.9. The lowest BCUT2D eigenvalue weighted by Crippen LogP contribution is -2.22. The number of halogens is 1. The summed E-state index contributed by atoms with van der Waals surface area (Å²) in [6, 6.07) is 24.0. The number of rotatable bonds is 8. The number of fused-ring (bicyclic) bond motifs is 1. The molecule has 0 spiro atoms. The molecule has 1 amide bonds. The Hall–Kier alpha value is -3.24. The van der Waals surface area contributed by atoms with Gasteiger partial charge in [0.1, 0.15) is 5.75 Å². The Morgan fingerprint density at radius 2 is 1.68 bits per heavy atom. The van der Waals surface area contributed by atoms with E-state index < -0.39 is 0 Å². The van der Waals surface area contributed by atoms with E-state index >= 15 is 0 Å². The molecule has 0 saturated heterocycles. The van der Waals surface area contributed by atoms with Crippen molar-refractivity contribution in [2.45, 2.75) is 25.9 Å². The minimum absolute atomic E-state index is 0.0466. The van der Waals surface area contributed by atoms with Crippen LogP contribution in [0.2, 0.25) is 5.02 Å². The third kappa shape index (κ3) is 5.28. The Bertz CT molecular complexity index is 1160. The van der Waals surface area contributed by atoms with Gasteiger partial charge >= 0.3 is 0 Å². The molecule has 3 aromatic carbocycles. The summed E-state index contributed by atoms with van der Waals surface area (Å²) >= 11 is 6.01. The maximum Gasteiger partial charge on any atom is 0.220 e. The number of nitrogens with zero attached hydrogens (tertiary/aromatic N) is 1. The second-order valence-corrected chi connectivity index (χ2v) is 7.99. The lowest BCUT2D eigenvalue weighted by atomic mass is 10.1. The standard InChI is InChI=1S/C26H25ClN2O2/c1-31-23-13-8-19(9-14-23)16-28-26(30)15-10-21-18-29(25-5-3-2-4-24(21)25)17-20-6-11-22(27)12-7-20/h2-9,11-14,18H,10,15-17H2,1H3,(H,28,30). The summed E-state index contributed by atoms with van der Waals surface area (Å²) in [7, 11) is 1.64. The lowest BCUT2D eigenvalue weighted by Gasteiger charge is -2.06. The number of nitrogens with one attached hydrogen (secondary N) is 1. The van der Waals surface area contributed by atoms with E-state index in [-0.39, 0.29) is 5.91 Å². The first-order chi connectivity index (χ1) is 15.1. The third-order valence-corrected chi connectivity index (χ3v) is 5.66. The molecule has 0 fully saturated rings. The van der Waals surface area contributed by atoms with Crippen LogP contribution in [0.15, 0.2) is 79.0 Å². The second-order valence-electron chi connectivity index (χ2n) is 7.55. The molecule has 5 heteroatoms. The zero-order valence-corrected chi connectivity index (χ0v) is 18.2. The Morgan fingerprint density at radius 1 is 0.968 bits per heavy atom. The highest BCUT2D eigenvalue weighted by Crippen LogP contribution is 2.24. The molecule has 158 valence electrons. The number of hydrogen-bond donors (Lipinski definition) is 1. The fourth-order valence-corrected chi connectivity index (χ4v) is 3.85. The number of hydrogen-bond acceptors (Lipinski definition) is 2. The van der Waals surface area contributed by atoms with Gasteiger partial charge in [-0.1, -0.05) is 54.1 Å². The minimum atomic E-state index is 0.0466. The van der Waals surface area contributed by atoms with Gasteiger partial charge in [0.15, 0.2) is 0 Å². The molecule has 0 unspecified atom stereocenters. The number of carbonyl (C=O) groups excluding carboxylic acids is 1. The van der Waals surface area contributed by atoms with Gasteiger partial charge in [-0.25, -0.2) is 0 Å². The highest BCUT2D eigenvalue weighted by Gasteiger charge is 2.11. The van der Waals surface area contributed by atoms with Crippen molar-refractivity contribution in [1.29, 1.82) is 0 Å². The van der Waals surface area contributed by atoms with Crippen molar-refractivity contribution >= 4 is 28.4 Å². The Labute approximate surface area is 187 Å². The van der Waals surface area contributed by atoms with Crippen LogP contribution >= 0.6 is 11.6 Å². The maximum absolute atomic E-state index is 12.4. The molecule has 0 saturated carbocycles. The van der Waals surface area contributed by atoms with Gasteiger partial charge in [0.2, 0.25) is 5.91 Å². The molecule has 0 atom stereocenters. The van der Waals surface area contributed by atoms with Gasteiger partial charge in [0.05, 0.1) is 7.11 Å². The van der Waals surface area contributed by atoms with Crippen LogP contribution in [0.25, 0.3) is 10.9 Å². The highest BCUT2D eigenvalue weighted by atomic mass is 35.5. The molecular weight excluding hydrogens is 408 g/mol. The van der Waals surface area contributed by atoms with E-state index in [0.29, 0.717) is 19.4 Å². The molecule has 0 bridgehead atoms. The monoisotopic (exact) mass is 432 g/mol. The second kappa shape index (κ2) is 9.71. The van der Waals surface area contributed by atoms with Crippen LogP contribution < -0.4 is 10.1 Å². The number of para-hydroxylation sites is 1. The van der Waals surface area contributed by atoms with Gasteiger partial charge in [0, 0.05) is 41.6 Å². The number of methoxy groups -OCH3 is 1. The molecular formula is C26H25ClN2O2. The molecule has 0 aliphatic heterocycles. The molecule has 0 radical (unpaired) electrons. The van der Waals surface area contributed by atoms with Gasteiger partial charge in [-0.05, 0) is 53.4 Å². The summed E-state index contributed by atoms with van der Waals surface area (Å²) in [5.74, 6) is 0.857. The number of ether oxygens (including phenoxy) is 1. The summed E-state index contributed by atoms with van der Waals surface area (Å²) in [5.41, 5.74) is 4.60. The first-order valence-corrected chi connectivity index (χ1v) is 10.7. The van der Waals surface area contributed by atoms with E-state index in [1.807, 2.05) is 60.7 Å². The van der Waals surface area contributed by atoms with Crippen molar-refractivity contribution in [3.8, 4) is 5.75 Å². The summed E-state index contributed by atoms with van der Waals surface area (Å²) in [5, 5.41) is 4.94. The molecule has 0 aliphatic rings. The number of aryl methyl sites for hydroxylation is 1. The van der Waals surface area contributed by atoms with Crippen LogP contribution in [-0.4, -0.2) is 17.6 Å². The van der Waals surface area contributed by atoms with Crippen LogP contribution in [0.4, 0.5) is 0 Å². The molecule has 4 rings (SSSR count). The summed E-state index contributed by atoms with van der Waals surface area (Å²) in [4.78, 5) is 12.4. The average molecular weight is 433 g/mol. The van der Waals surface area contributed by atoms with Crippen molar-refractivity contribution in [1.82, 2.24) is 9.88 Å². The first kappa shape index (κ1) is 21.0. The van der Waals surface area contributed by atoms with Crippen LogP contribution in [0.3, 0.4) is 0 Å². The highest BCUT2D eigenvalue weighted by molar-refractivity contribution is 6.30. The number of benzene rings is 3. The van der Waals surface area contributed by atoms with Gasteiger partial charge in [-0.2, -0.15) is 0 Å². The first-order valence-electron chi connectivity index (χ1n) is 10.3. The number of carbonyl (C=O) groups is 1. The Morgan fingerprint density at radius 3 is 2.42 bits per heavy atom. The summed E-state index contributed by atoms with van der Waals surface area (Å²) in [6.07, 6.45) is 3.31. The average Bonchev–Trinajstić information content (AvgIpc) is 3.15. The molecule has 31 heavy (non-hydrogen) atoms. The smallest absolute Gasteiger partial charge is 0.220 e. The quantitative estimate of drug-likeness (QED) is 0.393. The molecule has 0 aliphatic carbocycles. The van der Waals surface area contributed by atoms with Gasteiger partial charge < -0.3 is 14.6 Å². The van der Waals surface area contributed by atoms with Crippen molar-refractivity contribution in [3.63, 3.8) is 0 Å². The molecule has 1 N–H and O–H groups in total. The lowest BCUT2D eigenvalue weighted by molar-refractivity contribution is -0.121. The van der Waals surface area contributed by atoms with E-state index in [1.165, 1.54) is 22.0 Å². The molecule has 4 nitrogen and oxygen atoms in total. The number of aromatic nitrogens is 1. The summed E-state index contributed by atoms with van der Waals surface area (Å²) in [6.45, 7) is 1.28. The minimum Gasteiger partial charge on any atom is -0.497 e. The fourth-order valence-electron chi connectivity index (χ4n) is 3.72. The zero-order valence-electron chi connectivity index (χ0n) is 17.5. The molecule has 1 aromatic heterocycles.